The topological polar surface area (TPSA) is 105 Å². The summed E-state index contributed by atoms with van der Waals surface area (Å²) in [7, 11) is 1.57. The molecule has 3 N–H and O–H groups in total. The second-order valence-electron chi connectivity index (χ2n) is 23.1. The van der Waals surface area contributed by atoms with E-state index in [9.17, 15) is 19.4 Å². The van der Waals surface area contributed by atoms with Gasteiger partial charge in [-0.15, -0.1) is 0 Å². The van der Waals surface area contributed by atoms with Crippen molar-refractivity contribution < 1.29 is 32.9 Å². The molecule has 0 saturated heterocycles. The number of allylic oxidation sites excluding steroid dienone is 3. The summed E-state index contributed by atoms with van der Waals surface area (Å²) >= 11 is 0. The molecule has 0 heterocycles. The molecule has 0 aromatic heterocycles. The predicted molar refractivity (Wildman–Crippen MR) is 314 cm³/mol. The Balaban J connectivity index is 4.15. The first-order valence-electron chi connectivity index (χ1n) is 31.7. The van der Waals surface area contributed by atoms with Gasteiger partial charge in [-0.05, 0) is 32.1 Å². The highest BCUT2D eigenvalue weighted by atomic mass is 31.2. The molecule has 8 nitrogen and oxygen atoms in total. The first-order chi connectivity index (χ1) is 35.0. The molecule has 0 fully saturated rings. The number of aliphatic hydroxyl groups excluding tert-OH is 1. The molecule has 0 rings (SSSR count). The number of phosphoric acid groups is 1. The van der Waals surface area contributed by atoms with E-state index < -0.39 is 20.0 Å². The maximum Gasteiger partial charge on any atom is 0.472 e. The van der Waals surface area contributed by atoms with Crippen molar-refractivity contribution in [3.05, 3.63) is 24.3 Å². The Morgan fingerprint density at radius 1 is 0.458 bits per heavy atom. The molecule has 428 valence electrons. The quantitative estimate of drug-likeness (QED) is 0.0243. The molecule has 0 aromatic carbocycles. The van der Waals surface area contributed by atoms with Gasteiger partial charge >= 0.3 is 7.82 Å². The minimum Gasteiger partial charge on any atom is -0.387 e. The molecule has 9 heteroatoms. The first-order valence-corrected chi connectivity index (χ1v) is 33.2. The number of aliphatic hydroxyl groups is 1. The van der Waals surface area contributed by atoms with Crippen molar-refractivity contribution in [1.82, 2.24) is 5.32 Å². The van der Waals surface area contributed by atoms with Crippen LogP contribution in [0.2, 0.25) is 0 Å². The van der Waals surface area contributed by atoms with E-state index in [4.69, 9.17) is 9.05 Å². The minimum atomic E-state index is -4.35. The first kappa shape index (κ1) is 71.0. The van der Waals surface area contributed by atoms with Gasteiger partial charge in [0.05, 0.1) is 39.9 Å². The number of hydrogen-bond acceptors (Lipinski definition) is 5. The highest BCUT2D eigenvalue weighted by Crippen LogP contribution is 2.43. The van der Waals surface area contributed by atoms with Crippen LogP contribution in [0.5, 0.6) is 0 Å². The van der Waals surface area contributed by atoms with Crippen LogP contribution < -0.4 is 5.32 Å². The average molecular weight is 1040 g/mol. The molecule has 3 atom stereocenters. The number of unbranched alkanes of at least 4 members (excludes halogenated alkanes) is 44. The number of phosphoric ester groups is 1. The Hall–Kier alpha value is -1.02. The number of hydrogen-bond donors (Lipinski definition) is 3. The lowest BCUT2D eigenvalue weighted by Crippen LogP contribution is -2.45. The molecule has 72 heavy (non-hydrogen) atoms. The van der Waals surface area contributed by atoms with Crippen LogP contribution in [0.15, 0.2) is 24.3 Å². The summed E-state index contributed by atoms with van der Waals surface area (Å²) in [6.07, 6.45) is 70.2. The van der Waals surface area contributed by atoms with Gasteiger partial charge in [0, 0.05) is 6.42 Å². The second-order valence-corrected chi connectivity index (χ2v) is 24.6. The van der Waals surface area contributed by atoms with Crippen molar-refractivity contribution >= 4 is 13.7 Å². The molecule has 0 spiro atoms. The Kier molecular flexibility index (Phi) is 54.0. The van der Waals surface area contributed by atoms with Gasteiger partial charge in [-0.2, -0.15) is 0 Å². The Labute approximate surface area is 449 Å². The van der Waals surface area contributed by atoms with E-state index in [0.717, 1.165) is 38.5 Å². The number of quaternary nitrogens is 1. The third kappa shape index (κ3) is 56.7. The number of nitrogens with zero attached hydrogens (tertiary/aromatic N) is 1. The lowest BCUT2D eigenvalue weighted by molar-refractivity contribution is -0.870. The van der Waals surface area contributed by atoms with Gasteiger partial charge in [0.2, 0.25) is 5.91 Å². The molecular weight excluding hydrogens is 912 g/mol. The number of rotatable bonds is 59. The number of carbonyl (C=O) groups is 1. The molecule has 3 unspecified atom stereocenters. The van der Waals surface area contributed by atoms with E-state index in [1.54, 1.807) is 6.08 Å². The van der Waals surface area contributed by atoms with E-state index in [1.807, 2.05) is 27.2 Å². The van der Waals surface area contributed by atoms with Crippen molar-refractivity contribution in [2.75, 3.05) is 40.9 Å². The Morgan fingerprint density at radius 2 is 0.764 bits per heavy atom. The summed E-state index contributed by atoms with van der Waals surface area (Å²) in [6, 6.07) is -0.861. The summed E-state index contributed by atoms with van der Waals surface area (Å²) in [6.45, 7) is 4.85. The largest absolute Gasteiger partial charge is 0.472 e. The molecule has 1 amide bonds. The fourth-order valence-corrected chi connectivity index (χ4v) is 10.4. The average Bonchev–Trinajstić information content (AvgIpc) is 3.34. The third-order valence-corrected chi connectivity index (χ3v) is 15.7. The SMILES string of the molecule is CCCCCCCCCCCCCCCCCCCC/C=C/CC/C=C/C(O)C(COP(=O)(O)OCC[N+](C)(C)C)NC(=O)CCCCCCCCCCCCCCCCCCCCCCCCCCCC. The Morgan fingerprint density at radius 3 is 1.11 bits per heavy atom. The fraction of sp³-hybridized carbons (Fsp3) is 0.921. The molecule has 0 aliphatic carbocycles. The van der Waals surface area contributed by atoms with Crippen LogP contribution in [0.4, 0.5) is 0 Å². The van der Waals surface area contributed by atoms with Crippen LogP contribution >= 0.6 is 7.82 Å². The smallest absolute Gasteiger partial charge is 0.387 e. The fourth-order valence-electron chi connectivity index (χ4n) is 9.71. The lowest BCUT2D eigenvalue weighted by atomic mass is 10.0. The summed E-state index contributed by atoms with van der Waals surface area (Å²) in [5.41, 5.74) is 0. The van der Waals surface area contributed by atoms with Crippen molar-refractivity contribution in [3.8, 4) is 0 Å². The van der Waals surface area contributed by atoms with E-state index in [1.165, 1.54) is 263 Å². The summed E-state index contributed by atoms with van der Waals surface area (Å²) in [5, 5.41) is 14.0. The maximum absolute atomic E-state index is 13.0. The number of carbonyl (C=O) groups excluding carboxylic acids is 1. The van der Waals surface area contributed by atoms with Crippen molar-refractivity contribution in [3.63, 3.8) is 0 Å². The summed E-state index contributed by atoms with van der Waals surface area (Å²) in [4.78, 5) is 23.3. The van der Waals surface area contributed by atoms with E-state index in [-0.39, 0.29) is 19.1 Å². The van der Waals surface area contributed by atoms with Gasteiger partial charge < -0.3 is 19.8 Å². The maximum atomic E-state index is 13.0. The zero-order valence-corrected chi connectivity index (χ0v) is 49.8. The Bertz CT molecular complexity index is 1220. The van der Waals surface area contributed by atoms with E-state index in [0.29, 0.717) is 17.4 Å². The molecule has 0 aliphatic rings. The molecule has 0 aliphatic heterocycles. The van der Waals surface area contributed by atoms with Gasteiger partial charge in [0.15, 0.2) is 0 Å². The van der Waals surface area contributed by atoms with Crippen molar-refractivity contribution in [2.24, 2.45) is 0 Å². The normalized spacial score (nSPS) is 13.9. The molecule has 0 aromatic rings. The molecular formula is C63H126N2O6P+. The summed E-state index contributed by atoms with van der Waals surface area (Å²) in [5.74, 6) is -0.179. The minimum absolute atomic E-state index is 0.0590. The van der Waals surface area contributed by atoms with Gasteiger partial charge in [0.25, 0.3) is 0 Å². The predicted octanol–water partition coefficient (Wildman–Crippen LogP) is 19.5. The molecule has 0 radical (unpaired) electrons. The van der Waals surface area contributed by atoms with E-state index in [2.05, 4.69) is 31.3 Å². The van der Waals surface area contributed by atoms with Crippen LogP contribution in [0.25, 0.3) is 0 Å². The highest BCUT2D eigenvalue weighted by molar-refractivity contribution is 7.47. The molecule has 0 saturated carbocycles. The van der Waals surface area contributed by atoms with Gasteiger partial charge in [-0.1, -0.05) is 308 Å². The monoisotopic (exact) mass is 1040 g/mol. The van der Waals surface area contributed by atoms with Crippen LogP contribution in [0.3, 0.4) is 0 Å². The number of nitrogens with one attached hydrogen (secondary N) is 1. The standard InChI is InChI=1S/C63H125N2O6P/c1-6-8-10-12-14-16-18-20-22-24-26-28-30-32-33-35-37-39-41-43-45-47-49-51-53-55-57-63(67)64-61(60-71-72(68,69)70-59-58-65(3,4)5)62(66)56-54-52-50-48-46-44-42-40-38-36-34-31-29-27-25-23-21-19-17-15-13-11-9-7-2/h46,48,54,56,61-62,66H,6-45,47,49-53,55,57-60H2,1-5H3,(H-,64,67,68,69)/p+1/b48-46+,56-54+. The van der Waals surface area contributed by atoms with Crippen LogP contribution in [0.1, 0.15) is 322 Å². The lowest BCUT2D eigenvalue weighted by Gasteiger charge is -2.25. The van der Waals surface area contributed by atoms with Crippen LogP contribution in [-0.2, 0) is 18.4 Å². The van der Waals surface area contributed by atoms with E-state index >= 15 is 0 Å². The third-order valence-electron chi connectivity index (χ3n) is 14.7. The molecule has 0 bridgehead atoms. The number of likely N-dealkylation sites (N-methyl/N-ethyl adjacent to an activating group) is 1. The zero-order valence-electron chi connectivity index (χ0n) is 48.9. The van der Waals surface area contributed by atoms with Crippen LogP contribution in [-0.4, -0.2) is 73.4 Å². The van der Waals surface area contributed by atoms with Gasteiger partial charge in [-0.3, -0.25) is 13.8 Å². The van der Waals surface area contributed by atoms with Gasteiger partial charge in [-0.25, -0.2) is 4.57 Å². The highest BCUT2D eigenvalue weighted by Gasteiger charge is 2.27. The van der Waals surface area contributed by atoms with Crippen molar-refractivity contribution in [1.29, 1.82) is 0 Å². The van der Waals surface area contributed by atoms with Crippen LogP contribution in [0, 0.1) is 0 Å². The zero-order chi connectivity index (χ0) is 52.7. The van der Waals surface area contributed by atoms with Crippen molar-refractivity contribution in [2.45, 2.75) is 334 Å². The van der Waals surface area contributed by atoms with Gasteiger partial charge in [0.1, 0.15) is 13.2 Å². The second kappa shape index (κ2) is 54.8. The summed E-state index contributed by atoms with van der Waals surface area (Å²) < 4.78 is 23.8. The number of amides is 1.